The number of hydrogen-bond acceptors (Lipinski definition) is 4. The Bertz CT molecular complexity index is 1280. The SMILES string of the molecule is O=C1NN(c2ccccc2)C(=O)/C1=C\c1cc(Cl)ccc1OC(=O)c1ccc(Cl)cc1Cl. The first-order chi connectivity index (χ1) is 15.3. The highest BCUT2D eigenvalue weighted by atomic mass is 35.5. The van der Waals surface area contributed by atoms with E-state index in [-0.39, 0.29) is 27.5 Å². The minimum Gasteiger partial charge on any atom is -0.422 e. The zero-order valence-electron chi connectivity index (χ0n) is 16.1. The number of esters is 1. The van der Waals surface area contributed by atoms with Crippen LogP contribution in [0.2, 0.25) is 15.1 Å². The summed E-state index contributed by atoms with van der Waals surface area (Å²) in [5, 5.41) is 1.96. The van der Waals surface area contributed by atoms with Crippen molar-refractivity contribution in [2.45, 2.75) is 0 Å². The quantitative estimate of drug-likeness (QED) is 0.234. The van der Waals surface area contributed by atoms with Gasteiger partial charge in [0.2, 0.25) is 0 Å². The molecule has 1 N–H and O–H groups in total. The second-order valence-corrected chi connectivity index (χ2v) is 7.95. The number of anilines is 1. The molecule has 0 bridgehead atoms. The summed E-state index contributed by atoms with van der Waals surface area (Å²) in [5.41, 5.74) is 3.25. The summed E-state index contributed by atoms with van der Waals surface area (Å²) in [7, 11) is 0. The Morgan fingerprint density at radius 1 is 0.906 bits per heavy atom. The second-order valence-electron chi connectivity index (χ2n) is 6.67. The number of hydrogen-bond donors (Lipinski definition) is 1. The molecular formula is C23H13Cl3N2O4. The topological polar surface area (TPSA) is 75.7 Å². The van der Waals surface area contributed by atoms with Crippen LogP contribution in [0.5, 0.6) is 5.75 Å². The van der Waals surface area contributed by atoms with E-state index in [2.05, 4.69) is 5.43 Å². The van der Waals surface area contributed by atoms with Crippen LogP contribution in [-0.2, 0) is 9.59 Å². The van der Waals surface area contributed by atoms with Crippen molar-refractivity contribution in [2.24, 2.45) is 0 Å². The zero-order valence-corrected chi connectivity index (χ0v) is 18.4. The van der Waals surface area contributed by atoms with Gasteiger partial charge in [-0.15, -0.1) is 0 Å². The maximum absolute atomic E-state index is 12.8. The van der Waals surface area contributed by atoms with Gasteiger partial charge in [-0.2, -0.15) is 0 Å². The third-order valence-corrected chi connectivity index (χ3v) is 5.31. The Morgan fingerprint density at radius 2 is 1.59 bits per heavy atom. The highest BCUT2D eigenvalue weighted by Crippen LogP contribution is 2.29. The first-order valence-electron chi connectivity index (χ1n) is 9.22. The van der Waals surface area contributed by atoms with Crippen LogP contribution < -0.4 is 15.2 Å². The van der Waals surface area contributed by atoms with Crippen molar-refractivity contribution in [1.29, 1.82) is 0 Å². The molecular weight excluding hydrogens is 475 g/mol. The fraction of sp³-hybridized carbons (Fsp3) is 0. The Hall–Kier alpha value is -3.32. The molecule has 6 nitrogen and oxygen atoms in total. The van der Waals surface area contributed by atoms with Crippen molar-refractivity contribution >= 4 is 64.3 Å². The third-order valence-electron chi connectivity index (χ3n) is 4.53. The van der Waals surface area contributed by atoms with E-state index in [4.69, 9.17) is 39.5 Å². The van der Waals surface area contributed by atoms with Crippen molar-refractivity contribution in [3.8, 4) is 5.75 Å². The molecule has 0 radical (unpaired) electrons. The van der Waals surface area contributed by atoms with E-state index in [1.165, 1.54) is 42.5 Å². The number of nitrogens with one attached hydrogen (secondary N) is 1. The molecule has 1 aliphatic rings. The number of hydrazine groups is 1. The van der Waals surface area contributed by atoms with E-state index >= 15 is 0 Å². The Kier molecular flexibility index (Phi) is 6.19. The van der Waals surface area contributed by atoms with Crippen molar-refractivity contribution < 1.29 is 19.1 Å². The summed E-state index contributed by atoms with van der Waals surface area (Å²) in [4.78, 5) is 37.9. The molecule has 3 aromatic rings. The molecule has 1 aliphatic heterocycles. The van der Waals surface area contributed by atoms with Gasteiger partial charge < -0.3 is 4.74 Å². The van der Waals surface area contributed by atoms with Crippen LogP contribution in [0.1, 0.15) is 15.9 Å². The van der Waals surface area contributed by atoms with E-state index in [0.29, 0.717) is 15.7 Å². The van der Waals surface area contributed by atoms with Crippen molar-refractivity contribution in [3.63, 3.8) is 0 Å². The lowest BCUT2D eigenvalue weighted by Crippen LogP contribution is -2.35. The number of ether oxygens (including phenoxy) is 1. The highest BCUT2D eigenvalue weighted by Gasteiger charge is 2.34. The number of carbonyl (C=O) groups is 3. The fourth-order valence-corrected chi connectivity index (χ4v) is 3.67. The minimum absolute atomic E-state index is 0.0941. The number of rotatable bonds is 4. The Balaban J connectivity index is 1.66. The van der Waals surface area contributed by atoms with E-state index < -0.39 is 17.8 Å². The number of benzene rings is 3. The average Bonchev–Trinajstić information content (AvgIpc) is 3.04. The summed E-state index contributed by atoms with van der Waals surface area (Å²) in [6.07, 6.45) is 1.32. The fourth-order valence-electron chi connectivity index (χ4n) is 3.01. The van der Waals surface area contributed by atoms with Gasteiger partial charge in [0.1, 0.15) is 11.3 Å². The largest absolute Gasteiger partial charge is 0.422 e. The molecule has 0 saturated carbocycles. The summed E-state index contributed by atoms with van der Waals surface area (Å²) in [5.74, 6) is -1.80. The maximum Gasteiger partial charge on any atom is 0.345 e. The molecule has 0 unspecified atom stereocenters. The Labute approximate surface area is 197 Å². The van der Waals surface area contributed by atoms with E-state index in [1.54, 1.807) is 30.3 Å². The van der Waals surface area contributed by atoms with Gasteiger partial charge in [-0.3, -0.25) is 15.0 Å². The summed E-state index contributed by atoms with van der Waals surface area (Å²) >= 11 is 18.0. The molecule has 0 atom stereocenters. The molecule has 1 fully saturated rings. The second kappa shape index (κ2) is 9.04. The van der Waals surface area contributed by atoms with Gasteiger partial charge in [0, 0.05) is 15.6 Å². The maximum atomic E-state index is 12.8. The summed E-state index contributed by atoms with van der Waals surface area (Å²) < 4.78 is 5.47. The van der Waals surface area contributed by atoms with Gasteiger partial charge in [0.25, 0.3) is 11.8 Å². The molecule has 1 heterocycles. The molecule has 0 aliphatic carbocycles. The van der Waals surface area contributed by atoms with Gasteiger partial charge in [-0.1, -0.05) is 53.0 Å². The van der Waals surface area contributed by atoms with Gasteiger partial charge in [-0.05, 0) is 54.6 Å². The molecule has 2 amide bonds. The summed E-state index contributed by atoms with van der Waals surface area (Å²) in [6, 6.07) is 17.5. The predicted molar refractivity (Wildman–Crippen MR) is 123 cm³/mol. The Morgan fingerprint density at radius 3 is 2.31 bits per heavy atom. The number of carbonyl (C=O) groups excluding carboxylic acids is 3. The normalized spacial score (nSPS) is 14.6. The molecule has 3 aromatic carbocycles. The van der Waals surface area contributed by atoms with Crippen LogP contribution in [0.4, 0.5) is 5.69 Å². The number of halogens is 3. The van der Waals surface area contributed by atoms with Crippen molar-refractivity contribution in [2.75, 3.05) is 5.01 Å². The lowest BCUT2D eigenvalue weighted by molar-refractivity contribution is -0.117. The third kappa shape index (κ3) is 4.48. The lowest BCUT2D eigenvalue weighted by Gasteiger charge is -2.14. The van der Waals surface area contributed by atoms with E-state index in [1.807, 2.05) is 0 Å². The van der Waals surface area contributed by atoms with Gasteiger partial charge in [-0.25, -0.2) is 9.80 Å². The molecule has 32 heavy (non-hydrogen) atoms. The van der Waals surface area contributed by atoms with Crippen LogP contribution in [0.3, 0.4) is 0 Å². The average molecular weight is 488 g/mol. The van der Waals surface area contributed by atoms with E-state index in [0.717, 1.165) is 5.01 Å². The van der Waals surface area contributed by atoms with Crippen LogP contribution in [0, 0.1) is 0 Å². The van der Waals surface area contributed by atoms with E-state index in [9.17, 15) is 14.4 Å². The van der Waals surface area contributed by atoms with Gasteiger partial charge >= 0.3 is 5.97 Å². The zero-order chi connectivity index (χ0) is 22.8. The predicted octanol–water partition coefficient (Wildman–Crippen LogP) is 5.33. The molecule has 9 heteroatoms. The van der Waals surface area contributed by atoms with Gasteiger partial charge in [0.15, 0.2) is 0 Å². The first-order valence-corrected chi connectivity index (χ1v) is 10.4. The molecule has 4 rings (SSSR count). The molecule has 0 spiro atoms. The van der Waals surface area contributed by atoms with Crippen molar-refractivity contribution in [3.05, 3.63) is 98.5 Å². The minimum atomic E-state index is -0.734. The first kappa shape index (κ1) is 21.9. The monoisotopic (exact) mass is 486 g/mol. The molecule has 0 aromatic heterocycles. The van der Waals surface area contributed by atoms with Crippen LogP contribution in [-0.4, -0.2) is 17.8 Å². The van der Waals surface area contributed by atoms with Crippen LogP contribution in [0.25, 0.3) is 6.08 Å². The standard InChI is InChI=1S/C23H13Cl3N2O4/c24-14-7-9-20(32-23(31)17-8-6-15(25)12-19(17)26)13(10-14)11-18-21(29)27-28(22(18)30)16-4-2-1-3-5-16/h1-12H,(H,27,29)/b18-11-. The molecule has 1 saturated heterocycles. The van der Waals surface area contributed by atoms with Crippen molar-refractivity contribution in [1.82, 2.24) is 5.43 Å². The number of nitrogens with zero attached hydrogens (tertiary/aromatic N) is 1. The number of para-hydroxylation sites is 1. The number of amides is 2. The van der Waals surface area contributed by atoms with Crippen LogP contribution >= 0.6 is 34.8 Å². The smallest absolute Gasteiger partial charge is 0.345 e. The molecule has 160 valence electrons. The highest BCUT2D eigenvalue weighted by molar-refractivity contribution is 6.36. The van der Waals surface area contributed by atoms with Gasteiger partial charge in [0.05, 0.1) is 16.3 Å². The lowest BCUT2D eigenvalue weighted by atomic mass is 10.1. The summed E-state index contributed by atoms with van der Waals surface area (Å²) in [6.45, 7) is 0. The van der Waals surface area contributed by atoms with Crippen LogP contribution in [0.15, 0.2) is 72.3 Å².